The lowest BCUT2D eigenvalue weighted by Gasteiger charge is -2.25. The molecule has 1 atom stereocenters. The van der Waals surface area contributed by atoms with Crippen molar-refractivity contribution in [3.8, 4) is 0 Å². The van der Waals surface area contributed by atoms with Crippen molar-refractivity contribution in [1.29, 1.82) is 0 Å². The molecule has 4 heteroatoms. The van der Waals surface area contributed by atoms with Crippen molar-refractivity contribution in [3.63, 3.8) is 0 Å². The molecule has 0 aliphatic carbocycles. The maximum absolute atomic E-state index is 6.47. The number of nitrogens with one attached hydrogen (secondary N) is 1. The van der Waals surface area contributed by atoms with E-state index in [0.717, 1.165) is 37.6 Å². The predicted molar refractivity (Wildman–Crippen MR) is 87.8 cm³/mol. The molecule has 1 saturated heterocycles. The molecule has 1 aromatic rings. The Labute approximate surface area is 127 Å². The van der Waals surface area contributed by atoms with Crippen LogP contribution >= 0.6 is 11.6 Å². The second-order valence-corrected chi connectivity index (χ2v) is 6.18. The van der Waals surface area contributed by atoms with E-state index in [4.69, 9.17) is 11.6 Å². The van der Waals surface area contributed by atoms with Gasteiger partial charge in [-0.15, -0.1) is 0 Å². The fourth-order valence-corrected chi connectivity index (χ4v) is 3.14. The fraction of sp³-hybridized carbons (Fsp3) is 0.625. The molecule has 0 bridgehead atoms. The number of rotatable bonds is 6. The van der Waals surface area contributed by atoms with E-state index in [9.17, 15) is 0 Å². The van der Waals surface area contributed by atoms with Crippen LogP contribution in [-0.2, 0) is 6.54 Å². The highest BCUT2D eigenvalue weighted by molar-refractivity contribution is 6.33. The Hall–Kier alpha value is -0.770. The van der Waals surface area contributed by atoms with Crippen LogP contribution in [0.5, 0.6) is 0 Å². The van der Waals surface area contributed by atoms with Crippen LogP contribution in [0.25, 0.3) is 0 Å². The summed E-state index contributed by atoms with van der Waals surface area (Å²) in [6.45, 7) is 6.29. The summed E-state index contributed by atoms with van der Waals surface area (Å²) in [6.07, 6.45) is 2.36. The highest BCUT2D eigenvalue weighted by atomic mass is 35.5. The van der Waals surface area contributed by atoms with Crippen LogP contribution in [0.2, 0.25) is 5.02 Å². The van der Waals surface area contributed by atoms with E-state index in [2.05, 4.69) is 42.2 Å². The van der Waals surface area contributed by atoms with Crippen LogP contribution in [0.15, 0.2) is 18.2 Å². The average molecular weight is 296 g/mol. The first-order valence-electron chi connectivity index (χ1n) is 7.53. The van der Waals surface area contributed by atoms with Crippen LogP contribution in [0.3, 0.4) is 0 Å². The van der Waals surface area contributed by atoms with Crippen LogP contribution in [0.4, 0.5) is 5.69 Å². The lowest BCUT2D eigenvalue weighted by Crippen LogP contribution is -2.32. The Bertz CT molecular complexity index is 434. The normalized spacial score (nSPS) is 19.1. The first-order valence-corrected chi connectivity index (χ1v) is 7.90. The number of halogens is 1. The van der Waals surface area contributed by atoms with E-state index >= 15 is 0 Å². The minimum Gasteiger partial charge on any atom is -0.368 e. The minimum atomic E-state index is 0.628. The van der Waals surface area contributed by atoms with E-state index < -0.39 is 0 Å². The number of hydrogen-bond donors (Lipinski definition) is 1. The summed E-state index contributed by atoms with van der Waals surface area (Å²) in [4.78, 5) is 4.75. The van der Waals surface area contributed by atoms with E-state index in [1.54, 1.807) is 0 Å². The fourth-order valence-electron chi connectivity index (χ4n) is 2.82. The van der Waals surface area contributed by atoms with Gasteiger partial charge in [0.05, 0.1) is 10.7 Å². The summed E-state index contributed by atoms with van der Waals surface area (Å²) < 4.78 is 0. The van der Waals surface area contributed by atoms with Gasteiger partial charge in [0.2, 0.25) is 0 Å². The van der Waals surface area contributed by atoms with E-state index in [1.807, 2.05) is 12.1 Å². The van der Waals surface area contributed by atoms with Gasteiger partial charge in [-0.05, 0) is 45.1 Å². The first-order chi connectivity index (χ1) is 9.63. The molecule has 1 aliphatic heterocycles. The largest absolute Gasteiger partial charge is 0.368 e. The van der Waals surface area contributed by atoms with Crippen molar-refractivity contribution in [3.05, 3.63) is 28.8 Å². The molecule has 20 heavy (non-hydrogen) atoms. The minimum absolute atomic E-state index is 0.628. The maximum atomic E-state index is 6.47. The molecule has 1 heterocycles. The van der Waals surface area contributed by atoms with Crippen molar-refractivity contribution in [2.75, 3.05) is 38.6 Å². The molecular weight excluding hydrogens is 270 g/mol. The number of hydrogen-bond acceptors (Lipinski definition) is 3. The molecule has 0 spiro atoms. The quantitative estimate of drug-likeness (QED) is 0.814. The third-order valence-corrected chi connectivity index (χ3v) is 4.33. The first kappa shape index (κ1) is 15.6. The van der Waals surface area contributed by atoms with Gasteiger partial charge in [-0.3, -0.25) is 0 Å². The van der Waals surface area contributed by atoms with Gasteiger partial charge >= 0.3 is 0 Å². The summed E-state index contributed by atoms with van der Waals surface area (Å²) in [5.41, 5.74) is 2.53. The Morgan fingerprint density at radius 1 is 1.40 bits per heavy atom. The maximum Gasteiger partial charge on any atom is 0.0642 e. The zero-order valence-electron chi connectivity index (χ0n) is 12.8. The van der Waals surface area contributed by atoms with Gasteiger partial charge in [0, 0.05) is 25.7 Å². The van der Waals surface area contributed by atoms with E-state index in [1.165, 1.54) is 17.7 Å². The molecular formula is C16H26ClN3. The highest BCUT2D eigenvalue weighted by Crippen LogP contribution is 2.33. The molecule has 1 aromatic carbocycles. The van der Waals surface area contributed by atoms with Gasteiger partial charge in [-0.2, -0.15) is 0 Å². The molecule has 3 nitrogen and oxygen atoms in total. The van der Waals surface area contributed by atoms with Crippen molar-refractivity contribution in [2.24, 2.45) is 0 Å². The zero-order valence-corrected chi connectivity index (χ0v) is 13.6. The topological polar surface area (TPSA) is 18.5 Å². The van der Waals surface area contributed by atoms with Crippen LogP contribution in [0, 0.1) is 0 Å². The van der Waals surface area contributed by atoms with Crippen molar-refractivity contribution >= 4 is 17.3 Å². The molecule has 112 valence electrons. The molecule has 0 saturated carbocycles. The monoisotopic (exact) mass is 295 g/mol. The highest BCUT2D eigenvalue weighted by Gasteiger charge is 2.26. The number of benzene rings is 1. The van der Waals surface area contributed by atoms with Crippen molar-refractivity contribution in [2.45, 2.75) is 32.4 Å². The van der Waals surface area contributed by atoms with Crippen molar-refractivity contribution < 1.29 is 0 Å². The standard InChI is InChI=1S/C16H26ClN3/c1-4-9-18-11-13-6-5-7-15(17)16(13)20-10-8-14(12-20)19(2)3/h5-7,14,18H,4,8-12H2,1-3H3. The lowest BCUT2D eigenvalue weighted by molar-refractivity contribution is 0.315. The smallest absolute Gasteiger partial charge is 0.0642 e. The summed E-state index contributed by atoms with van der Waals surface area (Å²) in [7, 11) is 4.31. The van der Waals surface area contributed by atoms with Crippen molar-refractivity contribution in [1.82, 2.24) is 10.2 Å². The van der Waals surface area contributed by atoms with Gasteiger partial charge in [-0.1, -0.05) is 30.7 Å². The van der Waals surface area contributed by atoms with Gasteiger partial charge in [-0.25, -0.2) is 0 Å². The summed E-state index contributed by atoms with van der Waals surface area (Å²) >= 11 is 6.47. The molecule has 2 rings (SSSR count). The van der Waals surface area contributed by atoms with Crippen LogP contribution in [0.1, 0.15) is 25.3 Å². The third kappa shape index (κ3) is 3.66. The van der Waals surface area contributed by atoms with Crippen LogP contribution in [-0.4, -0.2) is 44.7 Å². The Morgan fingerprint density at radius 2 is 2.20 bits per heavy atom. The SMILES string of the molecule is CCCNCc1cccc(Cl)c1N1CCC(N(C)C)C1. The second-order valence-electron chi connectivity index (χ2n) is 5.78. The van der Waals surface area contributed by atoms with Gasteiger partial charge in [0.15, 0.2) is 0 Å². The number of anilines is 1. The molecule has 0 amide bonds. The molecule has 0 aromatic heterocycles. The van der Waals surface area contributed by atoms with Gasteiger partial charge in [0.1, 0.15) is 0 Å². The molecule has 1 N–H and O–H groups in total. The van der Waals surface area contributed by atoms with Crippen LogP contribution < -0.4 is 10.2 Å². The zero-order chi connectivity index (χ0) is 14.5. The number of nitrogens with zero attached hydrogens (tertiary/aromatic N) is 2. The molecule has 0 radical (unpaired) electrons. The van der Waals surface area contributed by atoms with Gasteiger partial charge < -0.3 is 15.1 Å². The number of para-hydroxylation sites is 1. The lowest BCUT2D eigenvalue weighted by atomic mass is 10.1. The summed E-state index contributed by atoms with van der Waals surface area (Å²) in [5, 5.41) is 4.36. The number of likely N-dealkylation sites (N-methyl/N-ethyl adjacent to an activating group) is 1. The average Bonchev–Trinajstić information content (AvgIpc) is 2.88. The molecule has 1 fully saturated rings. The molecule has 1 aliphatic rings. The van der Waals surface area contributed by atoms with E-state index in [0.29, 0.717) is 6.04 Å². The predicted octanol–water partition coefficient (Wildman–Crippen LogP) is 2.98. The Kier molecular flexibility index (Phi) is 5.70. The summed E-state index contributed by atoms with van der Waals surface area (Å²) in [5.74, 6) is 0. The van der Waals surface area contributed by atoms with Gasteiger partial charge in [0.25, 0.3) is 0 Å². The summed E-state index contributed by atoms with van der Waals surface area (Å²) in [6, 6.07) is 6.87. The Morgan fingerprint density at radius 3 is 2.85 bits per heavy atom. The Balaban J connectivity index is 2.13. The second kappa shape index (κ2) is 7.30. The van der Waals surface area contributed by atoms with E-state index in [-0.39, 0.29) is 0 Å². The third-order valence-electron chi connectivity index (χ3n) is 4.02. The molecule has 1 unspecified atom stereocenters.